The minimum Gasteiger partial charge on any atom is -0.364 e. The number of aliphatic imine (C=N–C) groups is 1. The molecule has 7 rings (SSSR count). The Bertz CT molecular complexity index is 1600. The van der Waals surface area contributed by atoms with Crippen molar-refractivity contribution in [3.05, 3.63) is 77.5 Å². The highest BCUT2D eigenvalue weighted by Crippen LogP contribution is 2.32. The highest BCUT2D eigenvalue weighted by Gasteiger charge is 2.22. The van der Waals surface area contributed by atoms with Crippen molar-refractivity contribution in [1.82, 2.24) is 29.8 Å². The van der Waals surface area contributed by atoms with Gasteiger partial charge in [0.15, 0.2) is 11.5 Å². The number of nitrogens with zero attached hydrogens (tertiary/aromatic N) is 6. The molecular weight excluding hydrogens is 480 g/mol. The lowest BCUT2D eigenvalue weighted by atomic mass is 10.0. The second kappa shape index (κ2) is 9.49. The van der Waals surface area contributed by atoms with Crippen LogP contribution in [0.1, 0.15) is 36.2 Å². The second-order valence-electron chi connectivity index (χ2n) is 9.50. The van der Waals surface area contributed by atoms with Gasteiger partial charge in [-0.1, -0.05) is 12.5 Å². The van der Waals surface area contributed by atoms with E-state index in [-0.39, 0.29) is 0 Å². The number of fused-ring (bicyclic) bond motifs is 2. The Morgan fingerprint density at radius 3 is 2.81 bits per heavy atom. The van der Waals surface area contributed by atoms with E-state index in [2.05, 4.69) is 54.8 Å². The zero-order valence-electron chi connectivity index (χ0n) is 20.3. The zero-order valence-corrected chi connectivity index (χ0v) is 21.1. The smallest absolute Gasteiger partial charge is 0.178 e. The fraction of sp³-hybridized carbons (Fsp3) is 0.250. The molecule has 0 unspecified atom stereocenters. The third kappa shape index (κ3) is 4.30. The molecule has 184 valence electrons. The highest BCUT2D eigenvalue weighted by atomic mass is 32.1. The SMILES string of the molecule is c1csc(-c2ccnc3nc(C4=NCNc5cnc(-c6cncc(CN7CCCCC7)c6)cc54)[nH]c23)c1. The van der Waals surface area contributed by atoms with E-state index in [4.69, 9.17) is 15.0 Å². The molecule has 2 aliphatic heterocycles. The summed E-state index contributed by atoms with van der Waals surface area (Å²) in [5.41, 5.74) is 8.53. The normalized spacial score (nSPS) is 15.8. The molecule has 37 heavy (non-hydrogen) atoms. The van der Waals surface area contributed by atoms with Crippen molar-refractivity contribution < 1.29 is 0 Å². The summed E-state index contributed by atoms with van der Waals surface area (Å²) in [7, 11) is 0. The maximum Gasteiger partial charge on any atom is 0.178 e. The number of H-pyrrole nitrogens is 1. The number of piperidine rings is 1. The van der Waals surface area contributed by atoms with Gasteiger partial charge in [-0.3, -0.25) is 19.9 Å². The van der Waals surface area contributed by atoms with E-state index in [1.165, 1.54) is 29.7 Å². The standard InChI is InChI=1S/C28H26N8S/c1-2-8-36(9-3-1)16-18-11-19(14-29-13-18)22-12-21-23(15-31-22)32-17-33-25(21)28-34-26-20(24-5-4-10-37-24)6-7-30-27(26)35-28/h4-7,10-15,32H,1-3,8-9,16-17H2,(H,30,34,35). The third-order valence-corrected chi connectivity index (χ3v) is 7.92. The molecule has 5 aromatic heterocycles. The number of likely N-dealkylation sites (tertiary alicyclic amines) is 1. The van der Waals surface area contributed by atoms with Crippen LogP contribution in [0.4, 0.5) is 5.69 Å². The van der Waals surface area contributed by atoms with Gasteiger partial charge >= 0.3 is 0 Å². The number of anilines is 1. The molecule has 0 saturated carbocycles. The molecule has 2 N–H and O–H groups in total. The Morgan fingerprint density at radius 2 is 1.92 bits per heavy atom. The fourth-order valence-corrected chi connectivity index (χ4v) is 5.95. The van der Waals surface area contributed by atoms with Crippen molar-refractivity contribution in [2.45, 2.75) is 25.8 Å². The second-order valence-corrected chi connectivity index (χ2v) is 10.4. The molecule has 0 aliphatic carbocycles. The van der Waals surface area contributed by atoms with Gasteiger partial charge in [-0.15, -0.1) is 11.3 Å². The summed E-state index contributed by atoms with van der Waals surface area (Å²) >= 11 is 1.70. The Morgan fingerprint density at radius 1 is 0.973 bits per heavy atom. The first-order chi connectivity index (χ1) is 18.3. The van der Waals surface area contributed by atoms with Crippen LogP contribution in [0.25, 0.3) is 32.9 Å². The van der Waals surface area contributed by atoms with Gasteiger partial charge in [-0.05, 0) is 61.1 Å². The molecule has 7 heterocycles. The van der Waals surface area contributed by atoms with Crippen molar-refractivity contribution in [2.75, 3.05) is 25.1 Å². The van der Waals surface area contributed by atoms with Gasteiger partial charge in [-0.2, -0.15) is 0 Å². The maximum atomic E-state index is 4.83. The molecular formula is C28H26N8S. The lowest BCUT2D eigenvalue weighted by Gasteiger charge is -2.26. The lowest BCUT2D eigenvalue weighted by Crippen LogP contribution is -2.29. The maximum absolute atomic E-state index is 4.83. The molecule has 1 saturated heterocycles. The van der Waals surface area contributed by atoms with Crippen LogP contribution in [-0.2, 0) is 6.54 Å². The molecule has 0 atom stereocenters. The third-order valence-electron chi connectivity index (χ3n) is 7.01. The molecule has 5 aromatic rings. The van der Waals surface area contributed by atoms with E-state index in [9.17, 15) is 0 Å². The Hall–Kier alpha value is -3.95. The highest BCUT2D eigenvalue weighted by molar-refractivity contribution is 7.13. The number of hydrogen-bond donors (Lipinski definition) is 2. The minimum absolute atomic E-state index is 0.471. The molecule has 0 bridgehead atoms. The summed E-state index contributed by atoms with van der Waals surface area (Å²) in [5.74, 6) is 0.711. The largest absolute Gasteiger partial charge is 0.364 e. The van der Waals surface area contributed by atoms with Crippen LogP contribution in [-0.4, -0.2) is 55.3 Å². The summed E-state index contributed by atoms with van der Waals surface area (Å²) in [6.07, 6.45) is 11.4. The summed E-state index contributed by atoms with van der Waals surface area (Å²) in [6.45, 7) is 3.72. The van der Waals surface area contributed by atoms with Gasteiger partial charge < -0.3 is 10.3 Å². The molecule has 0 radical (unpaired) electrons. The van der Waals surface area contributed by atoms with E-state index in [1.54, 1.807) is 11.3 Å². The van der Waals surface area contributed by atoms with Crippen molar-refractivity contribution in [3.8, 4) is 21.7 Å². The average Bonchev–Trinajstić information content (AvgIpc) is 3.64. The Balaban J connectivity index is 1.24. The predicted octanol–water partition coefficient (Wildman–Crippen LogP) is 5.35. The van der Waals surface area contributed by atoms with Gasteiger partial charge in [0.1, 0.15) is 12.4 Å². The van der Waals surface area contributed by atoms with Crippen LogP contribution >= 0.6 is 11.3 Å². The number of aromatic nitrogens is 5. The van der Waals surface area contributed by atoms with E-state index in [0.29, 0.717) is 18.1 Å². The number of imidazole rings is 1. The lowest BCUT2D eigenvalue weighted by molar-refractivity contribution is 0.220. The summed E-state index contributed by atoms with van der Waals surface area (Å²) in [5, 5.41) is 5.43. The summed E-state index contributed by atoms with van der Waals surface area (Å²) in [4.78, 5) is 30.6. The average molecular weight is 507 g/mol. The number of rotatable bonds is 5. The number of thiophene rings is 1. The van der Waals surface area contributed by atoms with Gasteiger partial charge in [0.25, 0.3) is 0 Å². The van der Waals surface area contributed by atoms with Gasteiger partial charge in [-0.25, -0.2) is 9.97 Å². The molecule has 0 aromatic carbocycles. The van der Waals surface area contributed by atoms with Crippen molar-refractivity contribution in [2.24, 2.45) is 4.99 Å². The fourth-order valence-electron chi connectivity index (χ4n) is 5.19. The summed E-state index contributed by atoms with van der Waals surface area (Å²) < 4.78 is 0. The molecule has 9 heteroatoms. The van der Waals surface area contributed by atoms with Crippen LogP contribution in [0.2, 0.25) is 0 Å². The zero-order chi connectivity index (χ0) is 24.6. The number of nitrogens with one attached hydrogen (secondary N) is 2. The van der Waals surface area contributed by atoms with E-state index in [0.717, 1.165) is 58.9 Å². The molecule has 0 spiro atoms. The van der Waals surface area contributed by atoms with E-state index < -0.39 is 0 Å². The molecule has 8 nitrogen and oxygen atoms in total. The van der Waals surface area contributed by atoms with Crippen molar-refractivity contribution in [3.63, 3.8) is 0 Å². The minimum atomic E-state index is 0.471. The van der Waals surface area contributed by atoms with E-state index >= 15 is 0 Å². The van der Waals surface area contributed by atoms with Crippen LogP contribution in [0.5, 0.6) is 0 Å². The first-order valence-corrected chi connectivity index (χ1v) is 13.5. The van der Waals surface area contributed by atoms with Crippen LogP contribution in [0.3, 0.4) is 0 Å². The van der Waals surface area contributed by atoms with Crippen LogP contribution in [0, 0.1) is 0 Å². The topological polar surface area (TPSA) is 95.0 Å². The quantitative estimate of drug-likeness (QED) is 0.334. The number of pyridine rings is 3. The number of hydrogen-bond acceptors (Lipinski definition) is 8. The van der Waals surface area contributed by atoms with Gasteiger partial charge in [0, 0.05) is 46.7 Å². The summed E-state index contributed by atoms with van der Waals surface area (Å²) in [6, 6.07) is 10.5. The predicted molar refractivity (Wildman–Crippen MR) is 148 cm³/mol. The van der Waals surface area contributed by atoms with Crippen molar-refractivity contribution >= 4 is 33.9 Å². The van der Waals surface area contributed by atoms with E-state index in [1.807, 2.05) is 30.9 Å². The first-order valence-electron chi connectivity index (χ1n) is 12.7. The van der Waals surface area contributed by atoms with Gasteiger partial charge in [0.2, 0.25) is 0 Å². The monoisotopic (exact) mass is 506 g/mol. The Kier molecular flexibility index (Phi) is 5.71. The number of aromatic amines is 1. The Labute approximate surface area is 218 Å². The van der Waals surface area contributed by atoms with Crippen molar-refractivity contribution in [1.29, 1.82) is 0 Å². The molecule has 0 amide bonds. The first kappa shape index (κ1) is 22.3. The molecule has 2 aliphatic rings. The van der Waals surface area contributed by atoms with Gasteiger partial charge in [0.05, 0.1) is 23.1 Å². The molecule has 1 fully saturated rings. The van der Waals surface area contributed by atoms with Crippen LogP contribution in [0.15, 0.2) is 65.5 Å². The van der Waals surface area contributed by atoms with Crippen LogP contribution < -0.4 is 5.32 Å².